The Morgan fingerprint density at radius 1 is 0.935 bits per heavy atom. The maximum absolute atomic E-state index is 12.4. The first-order valence-electron chi connectivity index (χ1n) is 10.2. The Kier molecular flexibility index (Phi) is 8.06. The molecule has 0 aromatic heterocycles. The molecular formula is C24H28N2O5. The van der Waals surface area contributed by atoms with Gasteiger partial charge in [0, 0.05) is 38.8 Å². The number of carbonyl (C=O) groups is 2. The van der Waals surface area contributed by atoms with Gasteiger partial charge in [0.2, 0.25) is 0 Å². The third-order valence-corrected chi connectivity index (χ3v) is 5.13. The molecule has 7 nitrogen and oxygen atoms in total. The van der Waals surface area contributed by atoms with Gasteiger partial charge in [0.25, 0.3) is 5.91 Å². The molecule has 1 aliphatic heterocycles. The van der Waals surface area contributed by atoms with Gasteiger partial charge in [-0.2, -0.15) is 0 Å². The van der Waals surface area contributed by atoms with Crippen LogP contribution >= 0.6 is 0 Å². The van der Waals surface area contributed by atoms with Crippen molar-refractivity contribution in [2.75, 3.05) is 47.0 Å². The summed E-state index contributed by atoms with van der Waals surface area (Å²) in [4.78, 5) is 28.4. The van der Waals surface area contributed by atoms with Crippen molar-refractivity contribution in [1.82, 2.24) is 9.80 Å². The number of methoxy groups -OCH3 is 2. The Labute approximate surface area is 182 Å². The van der Waals surface area contributed by atoms with Gasteiger partial charge in [-0.15, -0.1) is 0 Å². The van der Waals surface area contributed by atoms with Gasteiger partial charge in [-0.3, -0.25) is 9.69 Å². The van der Waals surface area contributed by atoms with E-state index in [1.165, 1.54) is 11.6 Å². The lowest BCUT2D eigenvalue weighted by atomic mass is 10.2. The van der Waals surface area contributed by atoms with Crippen molar-refractivity contribution in [1.29, 1.82) is 0 Å². The van der Waals surface area contributed by atoms with Crippen molar-refractivity contribution in [3.05, 3.63) is 65.7 Å². The zero-order valence-electron chi connectivity index (χ0n) is 18.0. The van der Waals surface area contributed by atoms with Crippen LogP contribution in [0.4, 0.5) is 0 Å². The SMILES string of the molecule is COc1ccc(C=CC(=O)OCC(=O)N2CCN(Cc3ccccc3)CC2)cc1OC. The summed E-state index contributed by atoms with van der Waals surface area (Å²) >= 11 is 0. The van der Waals surface area contributed by atoms with Crippen molar-refractivity contribution in [2.45, 2.75) is 6.54 Å². The van der Waals surface area contributed by atoms with Crippen molar-refractivity contribution in [2.24, 2.45) is 0 Å². The predicted octanol–water partition coefficient (Wildman–Crippen LogP) is 2.60. The van der Waals surface area contributed by atoms with Crippen LogP contribution in [0.1, 0.15) is 11.1 Å². The van der Waals surface area contributed by atoms with Crippen LogP contribution in [0.2, 0.25) is 0 Å². The highest BCUT2D eigenvalue weighted by Crippen LogP contribution is 2.27. The first-order chi connectivity index (χ1) is 15.1. The average Bonchev–Trinajstić information content (AvgIpc) is 2.82. The summed E-state index contributed by atoms with van der Waals surface area (Å²) < 4.78 is 15.5. The first kappa shape index (κ1) is 22.4. The highest BCUT2D eigenvalue weighted by molar-refractivity contribution is 5.89. The summed E-state index contributed by atoms with van der Waals surface area (Å²) in [6.45, 7) is 3.48. The van der Waals surface area contributed by atoms with Crippen LogP contribution in [0.25, 0.3) is 6.08 Å². The third-order valence-electron chi connectivity index (χ3n) is 5.13. The molecule has 0 N–H and O–H groups in total. The molecule has 3 rings (SSSR count). The summed E-state index contributed by atoms with van der Waals surface area (Å²) in [6, 6.07) is 15.6. The zero-order valence-corrected chi connectivity index (χ0v) is 18.0. The van der Waals surface area contributed by atoms with Crippen LogP contribution < -0.4 is 9.47 Å². The fraction of sp³-hybridized carbons (Fsp3) is 0.333. The van der Waals surface area contributed by atoms with E-state index in [-0.39, 0.29) is 12.5 Å². The summed E-state index contributed by atoms with van der Waals surface area (Å²) in [5.74, 6) is 0.439. The second-order valence-corrected chi connectivity index (χ2v) is 7.20. The topological polar surface area (TPSA) is 68.3 Å². The Morgan fingerprint density at radius 2 is 1.65 bits per heavy atom. The fourth-order valence-electron chi connectivity index (χ4n) is 3.39. The molecule has 0 bridgehead atoms. The lowest BCUT2D eigenvalue weighted by molar-refractivity contribution is -0.149. The standard InChI is InChI=1S/C24H28N2O5/c1-29-21-10-8-19(16-22(21)30-2)9-11-24(28)31-18-23(27)26-14-12-25(13-15-26)17-20-6-4-3-5-7-20/h3-11,16H,12-15,17-18H2,1-2H3. The van der Waals surface area contributed by atoms with E-state index in [2.05, 4.69) is 17.0 Å². The Hall–Kier alpha value is -3.32. The Morgan fingerprint density at radius 3 is 2.32 bits per heavy atom. The summed E-state index contributed by atoms with van der Waals surface area (Å²) in [5.41, 5.74) is 2.02. The average molecular weight is 424 g/mol. The molecule has 0 saturated carbocycles. The highest BCUT2D eigenvalue weighted by Gasteiger charge is 2.21. The molecule has 0 aliphatic carbocycles. The minimum atomic E-state index is -0.564. The fourth-order valence-corrected chi connectivity index (χ4v) is 3.39. The smallest absolute Gasteiger partial charge is 0.331 e. The first-order valence-corrected chi connectivity index (χ1v) is 10.2. The molecule has 1 heterocycles. The van der Waals surface area contributed by atoms with Crippen LogP contribution in [0, 0.1) is 0 Å². The normalized spacial score (nSPS) is 14.5. The van der Waals surface area contributed by atoms with E-state index in [0.29, 0.717) is 24.6 Å². The molecule has 1 fully saturated rings. The number of carbonyl (C=O) groups excluding carboxylic acids is 2. The van der Waals surface area contributed by atoms with Crippen LogP contribution in [-0.4, -0.2) is 68.7 Å². The third kappa shape index (κ3) is 6.58. The van der Waals surface area contributed by atoms with Gasteiger partial charge in [0.1, 0.15) is 0 Å². The number of ether oxygens (including phenoxy) is 3. The number of nitrogens with zero attached hydrogens (tertiary/aromatic N) is 2. The molecule has 164 valence electrons. The van der Waals surface area contributed by atoms with Gasteiger partial charge < -0.3 is 19.1 Å². The second-order valence-electron chi connectivity index (χ2n) is 7.20. The summed E-state index contributed by atoms with van der Waals surface area (Å²) in [6.07, 6.45) is 2.91. The number of hydrogen-bond donors (Lipinski definition) is 0. The Bertz CT molecular complexity index is 905. The lowest BCUT2D eigenvalue weighted by Crippen LogP contribution is -2.49. The number of amides is 1. The lowest BCUT2D eigenvalue weighted by Gasteiger charge is -2.34. The molecule has 1 aliphatic rings. The van der Waals surface area contributed by atoms with E-state index in [4.69, 9.17) is 14.2 Å². The monoisotopic (exact) mass is 424 g/mol. The van der Waals surface area contributed by atoms with E-state index in [1.807, 2.05) is 18.2 Å². The molecule has 1 saturated heterocycles. The minimum absolute atomic E-state index is 0.174. The Balaban J connectivity index is 1.41. The largest absolute Gasteiger partial charge is 0.493 e. The van der Waals surface area contributed by atoms with Gasteiger partial charge in [-0.05, 0) is 29.3 Å². The van der Waals surface area contributed by atoms with Gasteiger partial charge in [-0.1, -0.05) is 36.4 Å². The number of piperazine rings is 1. The molecular weight excluding hydrogens is 396 g/mol. The molecule has 2 aromatic carbocycles. The molecule has 0 spiro atoms. The predicted molar refractivity (Wildman–Crippen MR) is 118 cm³/mol. The molecule has 1 amide bonds. The number of esters is 1. The second kappa shape index (κ2) is 11.2. The van der Waals surface area contributed by atoms with E-state index >= 15 is 0 Å². The number of hydrogen-bond acceptors (Lipinski definition) is 6. The van der Waals surface area contributed by atoms with Crippen molar-refractivity contribution in [3.63, 3.8) is 0 Å². The van der Waals surface area contributed by atoms with E-state index in [9.17, 15) is 9.59 Å². The minimum Gasteiger partial charge on any atom is -0.493 e. The molecule has 0 unspecified atom stereocenters. The summed E-state index contributed by atoms with van der Waals surface area (Å²) in [7, 11) is 3.11. The quantitative estimate of drug-likeness (QED) is 0.479. The molecule has 0 radical (unpaired) electrons. The van der Waals surface area contributed by atoms with Crippen LogP contribution in [0.15, 0.2) is 54.6 Å². The van der Waals surface area contributed by atoms with Gasteiger partial charge in [0.15, 0.2) is 18.1 Å². The maximum atomic E-state index is 12.4. The van der Waals surface area contributed by atoms with Crippen molar-refractivity contribution in [3.8, 4) is 11.5 Å². The van der Waals surface area contributed by atoms with Gasteiger partial charge in [-0.25, -0.2) is 4.79 Å². The van der Waals surface area contributed by atoms with Gasteiger partial charge in [0.05, 0.1) is 14.2 Å². The maximum Gasteiger partial charge on any atom is 0.331 e. The zero-order chi connectivity index (χ0) is 22.1. The van der Waals surface area contributed by atoms with Crippen molar-refractivity contribution < 1.29 is 23.8 Å². The summed E-state index contributed by atoms with van der Waals surface area (Å²) in [5, 5.41) is 0. The molecule has 0 atom stereocenters. The molecule has 7 heteroatoms. The van der Waals surface area contributed by atoms with E-state index < -0.39 is 5.97 Å². The van der Waals surface area contributed by atoms with Crippen LogP contribution in [0.5, 0.6) is 11.5 Å². The van der Waals surface area contributed by atoms with E-state index in [0.717, 1.165) is 25.2 Å². The van der Waals surface area contributed by atoms with E-state index in [1.54, 1.807) is 43.4 Å². The number of rotatable bonds is 8. The van der Waals surface area contributed by atoms with Crippen molar-refractivity contribution >= 4 is 18.0 Å². The molecule has 31 heavy (non-hydrogen) atoms. The highest BCUT2D eigenvalue weighted by atomic mass is 16.5. The van der Waals surface area contributed by atoms with Crippen LogP contribution in [-0.2, 0) is 20.9 Å². The molecule has 2 aromatic rings. The van der Waals surface area contributed by atoms with Crippen LogP contribution in [0.3, 0.4) is 0 Å². The van der Waals surface area contributed by atoms with Gasteiger partial charge >= 0.3 is 5.97 Å². The number of benzene rings is 2.